The molecule has 1 amide bonds. The maximum absolute atomic E-state index is 11.8. The monoisotopic (exact) mass is 342 g/mol. The number of nitrogens with one attached hydrogen (secondary N) is 1. The Kier molecular flexibility index (Phi) is 4.49. The van der Waals surface area contributed by atoms with E-state index in [1.165, 1.54) is 6.08 Å². The Balaban J connectivity index is 1.96. The largest absolute Gasteiger partial charge is 0.333 e. The number of hydrogen-bond donors (Lipinski definition) is 1. The smallest absolute Gasteiger partial charge is 0.245 e. The predicted octanol–water partition coefficient (Wildman–Crippen LogP) is 3.04. The highest BCUT2D eigenvalue weighted by molar-refractivity contribution is 9.11. The summed E-state index contributed by atoms with van der Waals surface area (Å²) in [6.45, 7) is 0. The standard InChI is InChI=1S/C12H11BrN2OS2/c13-10-5-9(6-18-10)1-2-11(16)15-12(7-14)3-4-17-8-12/h1-2,5-6H,3-4,8H2,(H,15,16)/b2-1+/t12-/m0/s1. The topological polar surface area (TPSA) is 52.9 Å². The zero-order chi connectivity index (χ0) is 13.0. The Morgan fingerprint density at radius 1 is 1.67 bits per heavy atom. The van der Waals surface area contributed by atoms with E-state index in [9.17, 15) is 4.79 Å². The third-order valence-electron chi connectivity index (χ3n) is 2.61. The SMILES string of the molecule is N#C[C@@]1(NC(=O)/C=C/c2csc(Br)c2)CCSC1. The average Bonchev–Trinajstić information content (AvgIpc) is 2.97. The number of carbonyl (C=O) groups is 1. The molecule has 3 nitrogen and oxygen atoms in total. The second-order valence-electron chi connectivity index (χ2n) is 4.00. The summed E-state index contributed by atoms with van der Waals surface area (Å²) in [6, 6.07) is 4.16. The third kappa shape index (κ3) is 3.37. The van der Waals surface area contributed by atoms with Crippen LogP contribution in [-0.2, 0) is 4.79 Å². The molecule has 0 saturated carbocycles. The average molecular weight is 343 g/mol. The number of carbonyl (C=O) groups excluding carboxylic acids is 1. The van der Waals surface area contributed by atoms with Gasteiger partial charge in [0.2, 0.25) is 5.91 Å². The van der Waals surface area contributed by atoms with Crippen molar-refractivity contribution in [2.24, 2.45) is 0 Å². The molecule has 1 N–H and O–H groups in total. The van der Waals surface area contributed by atoms with Gasteiger partial charge in [0.05, 0.1) is 9.86 Å². The Morgan fingerprint density at radius 2 is 2.50 bits per heavy atom. The van der Waals surface area contributed by atoms with Gasteiger partial charge in [-0.3, -0.25) is 4.79 Å². The number of nitrogens with zero attached hydrogens (tertiary/aromatic N) is 1. The van der Waals surface area contributed by atoms with Gasteiger partial charge in [-0.2, -0.15) is 17.0 Å². The number of nitriles is 1. The molecule has 1 aliphatic rings. The van der Waals surface area contributed by atoms with Crippen molar-refractivity contribution < 1.29 is 4.79 Å². The van der Waals surface area contributed by atoms with Crippen LogP contribution in [0, 0.1) is 11.3 Å². The molecule has 1 saturated heterocycles. The van der Waals surface area contributed by atoms with Crippen LogP contribution in [0.5, 0.6) is 0 Å². The van der Waals surface area contributed by atoms with Gasteiger partial charge >= 0.3 is 0 Å². The second-order valence-corrected chi connectivity index (χ2v) is 7.40. The molecule has 0 spiro atoms. The van der Waals surface area contributed by atoms with Crippen molar-refractivity contribution >= 4 is 51.0 Å². The van der Waals surface area contributed by atoms with Crippen LogP contribution in [0.1, 0.15) is 12.0 Å². The summed E-state index contributed by atoms with van der Waals surface area (Å²) in [5.74, 6) is 1.39. The minimum Gasteiger partial charge on any atom is -0.333 e. The van der Waals surface area contributed by atoms with Crippen LogP contribution >= 0.6 is 39.0 Å². The van der Waals surface area contributed by atoms with Crippen LogP contribution in [0.2, 0.25) is 0 Å². The first-order valence-electron chi connectivity index (χ1n) is 5.37. The fourth-order valence-corrected chi connectivity index (χ4v) is 4.05. The molecule has 0 unspecified atom stereocenters. The van der Waals surface area contributed by atoms with E-state index in [1.807, 2.05) is 11.4 Å². The van der Waals surface area contributed by atoms with Crippen LogP contribution in [0.3, 0.4) is 0 Å². The molecule has 1 fully saturated rings. The number of hydrogen-bond acceptors (Lipinski definition) is 4. The maximum atomic E-state index is 11.8. The zero-order valence-electron chi connectivity index (χ0n) is 9.48. The summed E-state index contributed by atoms with van der Waals surface area (Å²) >= 11 is 6.64. The Labute approximate surface area is 122 Å². The molecule has 1 atom stereocenters. The van der Waals surface area contributed by atoms with Crippen LogP contribution in [-0.4, -0.2) is 23.0 Å². The Bertz CT molecular complexity index is 512. The second kappa shape index (κ2) is 5.91. The van der Waals surface area contributed by atoms with Crippen molar-refractivity contribution in [1.82, 2.24) is 5.32 Å². The molecule has 0 aromatic carbocycles. The van der Waals surface area contributed by atoms with Gasteiger partial charge in [0, 0.05) is 11.8 Å². The van der Waals surface area contributed by atoms with E-state index in [0.717, 1.165) is 21.5 Å². The highest BCUT2D eigenvalue weighted by atomic mass is 79.9. The fraction of sp³-hybridized carbons (Fsp3) is 0.333. The van der Waals surface area contributed by atoms with Crippen LogP contribution in [0.25, 0.3) is 6.08 Å². The summed E-state index contributed by atoms with van der Waals surface area (Å²) in [5.41, 5.74) is 0.301. The molecule has 1 aromatic heterocycles. The van der Waals surface area contributed by atoms with E-state index in [-0.39, 0.29) is 5.91 Å². The van der Waals surface area contributed by atoms with E-state index >= 15 is 0 Å². The lowest BCUT2D eigenvalue weighted by Gasteiger charge is -2.19. The summed E-state index contributed by atoms with van der Waals surface area (Å²) in [7, 11) is 0. The molecular weight excluding hydrogens is 332 g/mol. The lowest BCUT2D eigenvalue weighted by atomic mass is 10.0. The van der Waals surface area contributed by atoms with Crippen molar-refractivity contribution in [3.8, 4) is 6.07 Å². The lowest BCUT2D eigenvalue weighted by Crippen LogP contribution is -2.46. The van der Waals surface area contributed by atoms with Crippen molar-refractivity contribution in [2.45, 2.75) is 12.0 Å². The van der Waals surface area contributed by atoms with Gasteiger partial charge in [-0.1, -0.05) is 0 Å². The Hall–Kier alpha value is -0.770. The predicted molar refractivity (Wildman–Crippen MR) is 79.5 cm³/mol. The molecule has 6 heteroatoms. The van der Waals surface area contributed by atoms with Crippen molar-refractivity contribution in [2.75, 3.05) is 11.5 Å². The molecule has 1 aliphatic heterocycles. The van der Waals surface area contributed by atoms with Crippen molar-refractivity contribution in [1.29, 1.82) is 5.26 Å². The van der Waals surface area contributed by atoms with Gasteiger partial charge in [-0.05, 0) is 51.2 Å². The lowest BCUT2D eigenvalue weighted by molar-refractivity contribution is -0.117. The number of halogens is 1. The normalized spacial score (nSPS) is 23.1. The first kappa shape index (κ1) is 13.7. The Morgan fingerprint density at radius 3 is 3.06 bits per heavy atom. The number of thioether (sulfide) groups is 1. The number of amides is 1. The van der Waals surface area contributed by atoms with Crippen molar-refractivity contribution in [3.05, 3.63) is 26.9 Å². The fourth-order valence-electron chi connectivity index (χ4n) is 1.64. The van der Waals surface area contributed by atoms with Gasteiger partial charge in [-0.15, -0.1) is 11.3 Å². The first-order valence-corrected chi connectivity index (χ1v) is 8.20. The minimum absolute atomic E-state index is 0.207. The van der Waals surface area contributed by atoms with Crippen LogP contribution in [0.4, 0.5) is 0 Å². The van der Waals surface area contributed by atoms with E-state index in [0.29, 0.717) is 5.75 Å². The summed E-state index contributed by atoms with van der Waals surface area (Å²) < 4.78 is 1.03. The zero-order valence-corrected chi connectivity index (χ0v) is 12.7. The molecule has 0 bridgehead atoms. The molecule has 1 aromatic rings. The van der Waals surface area contributed by atoms with E-state index in [4.69, 9.17) is 5.26 Å². The molecule has 2 heterocycles. The van der Waals surface area contributed by atoms with Crippen molar-refractivity contribution in [3.63, 3.8) is 0 Å². The summed E-state index contributed by atoms with van der Waals surface area (Å²) in [5, 5.41) is 13.9. The van der Waals surface area contributed by atoms with Gasteiger partial charge in [0.15, 0.2) is 0 Å². The van der Waals surface area contributed by atoms with Gasteiger partial charge in [-0.25, -0.2) is 0 Å². The number of rotatable bonds is 3. The molecular formula is C12H11BrN2OS2. The summed E-state index contributed by atoms with van der Waals surface area (Å²) in [6.07, 6.45) is 3.96. The first-order chi connectivity index (χ1) is 8.63. The molecule has 0 radical (unpaired) electrons. The van der Waals surface area contributed by atoms with Gasteiger partial charge in [0.25, 0.3) is 0 Å². The molecule has 94 valence electrons. The van der Waals surface area contributed by atoms with Gasteiger partial charge in [0.1, 0.15) is 5.54 Å². The molecule has 18 heavy (non-hydrogen) atoms. The van der Waals surface area contributed by atoms with E-state index < -0.39 is 5.54 Å². The summed E-state index contributed by atoms with van der Waals surface area (Å²) in [4.78, 5) is 11.8. The quantitative estimate of drug-likeness (QED) is 0.859. The number of thiophene rings is 1. The van der Waals surface area contributed by atoms with Gasteiger partial charge < -0.3 is 5.32 Å². The van der Waals surface area contributed by atoms with E-state index in [1.54, 1.807) is 29.2 Å². The maximum Gasteiger partial charge on any atom is 0.245 e. The van der Waals surface area contributed by atoms with E-state index in [2.05, 4.69) is 27.3 Å². The highest BCUT2D eigenvalue weighted by Crippen LogP contribution is 2.27. The molecule has 0 aliphatic carbocycles. The third-order valence-corrected chi connectivity index (χ3v) is 5.33. The molecule has 2 rings (SSSR count). The van der Waals surface area contributed by atoms with Crippen LogP contribution < -0.4 is 5.32 Å². The highest BCUT2D eigenvalue weighted by Gasteiger charge is 2.35. The minimum atomic E-state index is -0.679. The van der Waals surface area contributed by atoms with Crippen LogP contribution in [0.15, 0.2) is 21.3 Å².